The summed E-state index contributed by atoms with van der Waals surface area (Å²) in [6.07, 6.45) is 3.28. The van der Waals surface area contributed by atoms with E-state index in [4.69, 9.17) is 0 Å². The van der Waals surface area contributed by atoms with E-state index in [2.05, 4.69) is 33.5 Å². The Bertz CT molecular complexity index is 359. The molecule has 74 valence electrons. The van der Waals surface area contributed by atoms with Gasteiger partial charge in [0.15, 0.2) is 0 Å². The summed E-state index contributed by atoms with van der Waals surface area (Å²) in [6, 6.07) is 0. The molecule has 0 spiro atoms. The first-order valence-corrected chi connectivity index (χ1v) is 5.77. The lowest BCUT2D eigenvalue weighted by atomic mass is 10.1. The van der Waals surface area contributed by atoms with Gasteiger partial charge >= 0.3 is 0 Å². The standard InChI is InChI=1S/C9H10N2OS2/c1-9(2,12)4-3-8-10-5-7(14-13)6-11-8/h5-6,12-13H,1-2H3. The SMILES string of the molecule is CC(C)(O)C#Cc1ncc(SS)cn1. The van der Waals surface area contributed by atoms with Gasteiger partial charge in [0.05, 0.1) is 4.90 Å². The predicted molar refractivity (Wildman–Crippen MR) is 60.1 cm³/mol. The Morgan fingerprint density at radius 2 is 2.00 bits per heavy atom. The Labute approximate surface area is 92.2 Å². The van der Waals surface area contributed by atoms with Crippen molar-refractivity contribution in [2.24, 2.45) is 0 Å². The van der Waals surface area contributed by atoms with Crippen LogP contribution in [0.3, 0.4) is 0 Å². The third kappa shape index (κ3) is 4.01. The summed E-state index contributed by atoms with van der Waals surface area (Å²) in [5.74, 6) is 5.71. The smallest absolute Gasteiger partial charge is 0.204 e. The second-order valence-electron chi connectivity index (χ2n) is 3.14. The minimum atomic E-state index is -1.01. The summed E-state index contributed by atoms with van der Waals surface area (Å²) in [6.45, 7) is 3.22. The number of thiol groups is 1. The maximum Gasteiger partial charge on any atom is 0.204 e. The Morgan fingerprint density at radius 1 is 1.43 bits per heavy atom. The van der Waals surface area contributed by atoms with Crippen molar-refractivity contribution in [2.45, 2.75) is 24.3 Å². The molecule has 0 fully saturated rings. The van der Waals surface area contributed by atoms with Crippen molar-refractivity contribution in [3.8, 4) is 11.8 Å². The molecule has 1 aromatic rings. The second kappa shape index (κ2) is 4.69. The zero-order valence-electron chi connectivity index (χ0n) is 7.85. The summed E-state index contributed by atoms with van der Waals surface area (Å²) in [5, 5.41) is 9.33. The number of hydrogen-bond donors (Lipinski definition) is 2. The van der Waals surface area contributed by atoms with Crippen molar-refractivity contribution < 1.29 is 5.11 Å². The van der Waals surface area contributed by atoms with Crippen LogP contribution >= 0.6 is 22.5 Å². The van der Waals surface area contributed by atoms with Gasteiger partial charge in [-0.05, 0) is 19.8 Å². The average molecular weight is 226 g/mol. The van der Waals surface area contributed by atoms with E-state index in [9.17, 15) is 5.11 Å². The van der Waals surface area contributed by atoms with Gasteiger partial charge in [0.1, 0.15) is 5.60 Å². The molecule has 0 bridgehead atoms. The molecule has 0 radical (unpaired) electrons. The fourth-order valence-electron chi connectivity index (χ4n) is 0.637. The van der Waals surface area contributed by atoms with Crippen LogP contribution < -0.4 is 0 Å². The van der Waals surface area contributed by atoms with Gasteiger partial charge < -0.3 is 5.11 Å². The fraction of sp³-hybridized carbons (Fsp3) is 0.333. The average Bonchev–Trinajstić information content (AvgIpc) is 2.14. The molecule has 0 aliphatic rings. The molecule has 0 saturated carbocycles. The van der Waals surface area contributed by atoms with Gasteiger partial charge in [-0.15, -0.1) is 11.7 Å². The number of rotatable bonds is 1. The zero-order valence-corrected chi connectivity index (χ0v) is 9.56. The Kier molecular flexibility index (Phi) is 3.81. The van der Waals surface area contributed by atoms with Gasteiger partial charge in [-0.2, -0.15) is 0 Å². The highest BCUT2D eigenvalue weighted by Crippen LogP contribution is 2.18. The number of nitrogens with zero attached hydrogens (tertiary/aromatic N) is 2. The van der Waals surface area contributed by atoms with Crippen LogP contribution in [0.25, 0.3) is 0 Å². The van der Waals surface area contributed by atoms with Crippen LogP contribution in [0.5, 0.6) is 0 Å². The number of aromatic nitrogens is 2. The first-order valence-electron chi connectivity index (χ1n) is 3.90. The van der Waals surface area contributed by atoms with Crippen molar-refractivity contribution >= 4 is 22.5 Å². The van der Waals surface area contributed by atoms with Gasteiger partial charge in [-0.3, -0.25) is 0 Å². The summed E-state index contributed by atoms with van der Waals surface area (Å²) < 4.78 is 0. The van der Waals surface area contributed by atoms with Crippen LogP contribution in [0.2, 0.25) is 0 Å². The molecular weight excluding hydrogens is 216 g/mol. The largest absolute Gasteiger partial charge is 0.378 e. The van der Waals surface area contributed by atoms with Crippen molar-refractivity contribution in [1.82, 2.24) is 9.97 Å². The Morgan fingerprint density at radius 3 is 2.43 bits per heavy atom. The van der Waals surface area contributed by atoms with Crippen molar-refractivity contribution in [2.75, 3.05) is 0 Å². The molecule has 1 heterocycles. The zero-order chi connectivity index (χ0) is 10.6. The molecule has 14 heavy (non-hydrogen) atoms. The van der Waals surface area contributed by atoms with Gasteiger partial charge in [0.2, 0.25) is 5.82 Å². The molecule has 0 saturated heterocycles. The lowest BCUT2D eigenvalue weighted by Gasteiger charge is -2.05. The third-order valence-electron chi connectivity index (χ3n) is 1.21. The number of hydrogen-bond acceptors (Lipinski definition) is 5. The van der Waals surface area contributed by atoms with Crippen LogP contribution in [0.4, 0.5) is 0 Å². The van der Waals surface area contributed by atoms with Crippen molar-refractivity contribution in [1.29, 1.82) is 0 Å². The van der Waals surface area contributed by atoms with Crippen LogP contribution in [0, 0.1) is 11.8 Å². The summed E-state index contributed by atoms with van der Waals surface area (Å²) in [5.41, 5.74) is -1.01. The van der Waals surface area contributed by atoms with Crippen molar-refractivity contribution in [3.05, 3.63) is 18.2 Å². The van der Waals surface area contributed by atoms with E-state index in [1.807, 2.05) is 0 Å². The van der Waals surface area contributed by atoms with Gasteiger partial charge in [0, 0.05) is 12.4 Å². The molecule has 0 unspecified atom stereocenters. The summed E-state index contributed by atoms with van der Waals surface area (Å²) in [7, 11) is 1.27. The second-order valence-corrected chi connectivity index (χ2v) is 4.34. The van der Waals surface area contributed by atoms with E-state index in [-0.39, 0.29) is 0 Å². The van der Waals surface area contributed by atoms with E-state index in [1.54, 1.807) is 26.2 Å². The minimum Gasteiger partial charge on any atom is -0.378 e. The Balaban J connectivity index is 2.82. The molecule has 3 nitrogen and oxygen atoms in total. The van der Waals surface area contributed by atoms with E-state index < -0.39 is 5.60 Å². The van der Waals surface area contributed by atoms with E-state index in [0.29, 0.717) is 5.82 Å². The molecule has 5 heteroatoms. The molecule has 0 aliphatic carbocycles. The third-order valence-corrected chi connectivity index (χ3v) is 2.27. The fourth-order valence-corrected chi connectivity index (χ4v) is 1.12. The molecule has 0 aliphatic heterocycles. The normalized spacial score (nSPS) is 10.6. The van der Waals surface area contributed by atoms with Crippen LogP contribution in [0.1, 0.15) is 19.7 Å². The van der Waals surface area contributed by atoms with Crippen molar-refractivity contribution in [3.63, 3.8) is 0 Å². The summed E-state index contributed by atoms with van der Waals surface area (Å²) >= 11 is 4.00. The number of aliphatic hydroxyl groups is 1. The predicted octanol–water partition coefficient (Wildman–Crippen LogP) is 1.54. The molecule has 0 amide bonds. The Hall–Kier alpha value is -0.700. The lowest BCUT2D eigenvalue weighted by Crippen LogP contribution is -2.14. The molecular formula is C9H10N2OS2. The molecule has 1 rings (SSSR count). The molecule has 1 N–H and O–H groups in total. The first-order chi connectivity index (χ1) is 6.51. The maximum atomic E-state index is 9.33. The topological polar surface area (TPSA) is 46.0 Å². The molecule has 0 atom stereocenters. The highest BCUT2D eigenvalue weighted by Gasteiger charge is 2.05. The quantitative estimate of drug-likeness (QED) is 0.433. The summed E-state index contributed by atoms with van der Waals surface area (Å²) in [4.78, 5) is 8.84. The van der Waals surface area contributed by atoms with E-state index >= 15 is 0 Å². The molecule has 1 aromatic heterocycles. The van der Waals surface area contributed by atoms with E-state index in [1.165, 1.54) is 10.8 Å². The van der Waals surface area contributed by atoms with Gasteiger partial charge in [-0.1, -0.05) is 16.7 Å². The van der Waals surface area contributed by atoms with Gasteiger partial charge in [-0.25, -0.2) is 9.97 Å². The highest BCUT2D eigenvalue weighted by atomic mass is 33.1. The maximum absolute atomic E-state index is 9.33. The van der Waals surface area contributed by atoms with Crippen LogP contribution in [-0.4, -0.2) is 20.7 Å². The minimum absolute atomic E-state index is 0.401. The van der Waals surface area contributed by atoms with Crippen LogP contribution in [0.15, 0.2) is 17.3 Å². The highest BCUT2D eigenvalue weighted by molar-refractivity contribution is 8.68. The lowest BCUT2D eigenvalue weighted by molar-refractivity contribution is 0.143. The van der Waals surface area contributed by atoms with Gasteiger partial charge in [0.25, 0.3) is 0 Å². The first kappa shape index (κ1) is 11.4. The molecule has 0 aromatic carbocycles. The monoisotopic (exact) mass is 226 g/mol. The van der Waals surface area contributed by atoms with Crippen LogP contribution in [-0.2, 0) is 0 Å². The van der Waals surface area contributed by atoms with E-state index in [0.717, 1.165) is 4.90 Å².